The number of ether oxygens (including phenoxy) is 2. The van der Waals surface area contributed by atoms with Crippen molar-refractivity contribution in [3.63, 3.8) is 0 Å². The normalized spacial score (nSPS) is 11.5. The molecular formula is C41H51NO2S2Sn. The smallest absolute Gasteiger partial charge is 0.0179 e. The third-order valence-electron chi connectivity index (χ3n) is 8.33. The molecular weight excluding hydrogens is 721 g/mol. The van der Waals surface area contributed by atoms with Crippen LogP contribution >= 0.6 is 22.7 Å². The Morgan fingerprint density at radius 1 is 0.489 bits per heavy atom. The Bertz CT molecular complexity index is 1580. The van der Waals surface area contributed by atoms with Crippen LogP contribution in [0.15, 0.2) is 97.1 Å². The molecule has 0 amide bonds. The van der Waals surface area contributed by atoms with E-state index in [0.29, 0.717) is 0 Å². The quantitative estimate of drug-likeness (QED) is 0.0654. The summed E-state index contributed by atoms with van der Waals surface area (Å²) in [6, 6.07) is 35.3. The van der Waals surface area contributed by atoms with Crippen molar-refractivity contribution in [2.24, 2.45) is 0 Å². The standard InChI is InChI=1S/C38H42NO2S2.3CH3.Sn/c1-3-5-7-9-27-40-34-21-17-32(18-22-34)39(33-19-23-35(24-20-33)41-28-10-8-6-4-2)31-15-13-30(14-16-31)36-25-26-38(43-36)37-12-11-29-42-37;;;;/h11-26H,3-10,27-28H2,1-2H3;3*1H3;. The minimum absolute atomic E-state index is 0.766. The van der Waals surface area contributed by atoms with Gasteiger partial charge >= 0.3 is 149 Å². The minimum atomic E-state index is -2.05. The molecule has 0 aliphatic rings. The topological polar surface area (TPSA) is 21.7 Å². The Morgan fingerprint density at radius 3 is 1.40 bits per heavy atom. The SMILES string of the molecule is CCCCCCOc1ccc(N(c2ccc(OCCCCCC)cc2)c2ccc(-c3ccc(-c4cc[c]([Sn]([CH3])([CH3])[CH3])s4)s3)cc2)cc1. The monoisotopic (exact) mass is 773 g/mol. The van der Waals surface area contributed by atoms with E-state index in [1.54, 1.807) is 2.89 Å². The van der Waals surface area contributed by atoms with Crippen LogP contribution in [0.4, 0.5) is 17.1 Å². The van der Waals surface area contributed by atoms with E-state index in [2.05, 4.69) is 131 Å². The molecule has 0 atom stereocenters. The molecule has 0 aliphatic carbocycles. The van der Waals surface area contributed by atoms with E-state index in [1.165, 1.54) is 58.7 Å². The Labute approximate surface area is 295 Å². The molecule has 2 heterocycles. The van der Waals surface area contributed by atoms with Gasteiger partial charge in [0.25, 0.3) is 0 Å². The average molecular weight is 773 g/mol. The Kier molecular flexibility index (Phi) is 13.3. The molecule has 3 nitrogen and oxygen atoms in total. The Morgan fingerprint density at radius 2 is 0.936 bits per heavy atom. The first kappa shape index (κ1) is 35.6. The van der Waals surface area contributed by atoms with Gasteiger partial charge in [0.1, 0.15) is 11.5 Å². The summed E-state index contributed by atoms with van der Waals surface area (Å²) in [5.74, 6) is 1.84. The molecule has 3 aromatic carbocycles. The van der Waals surface area contributed by atoms with Gasteiger partial charge in [-0.25, -0.2) is 0 Å². The Balaban J connectivity index is 1.35. The average Bonchev–Trinajstić information content (AvgIpc) is 3.78. The van der Waals surface area contributed by atoms with Gasteiger partial charge in [0.05, 0.1) is 13.2 Å². The Hall–Kier alpha value is -2.74. The van der Waals surface area contributed by atoms with Crippen molar-refractivity contribution in [3.05, 3.63) is 97.1 Å². The van der Waals surface area contributed by atoms with Crippen LogP contribution in [-0.4, -0.2) is 31.6 Å². The van der Waals surface area contributed by atoms with Gasteiger partial charge in [0.2, 0.25) is 0 Å². The number of rotatable bonds is 18. The second-order valence-corrected chi connectivity index (χ2v) is 30.8. The van der Waals surface area contributed by atoms with Crippen LogP contribution in [0.1, 0.15) is 65.2 Å². The molecule has 0 unspecified atom stereocenters. The van der Waals surface area contributed by atoms with E-state index in [9.17, 15) is 0 Å². The molecule has 0 saturated heterocycles. The molecule has 47 heavy (non-hydrogen) atoms. The zero-order chi connectivity index (χ0) is 33.1. The zero-order valence-electron chi connectivity index (χ0n) is 28.9. The first-order valence-corrected chi connectivity index (χ1v) is 29.0. The van der Waals surface area contributed by atoms with Crippen LogP contribution in [-0.2, 0) is 0 Å². The first-order valence-electron chi connectivity index (χ1n) is 17.4. The molecule has 6 heteroatoms. The summed E-state index contributed by atoms with van der Waals surface area (Å²) in [7, 11) is 0. The number of benzene rings is 3. The van der Waals surface area contributed by atoms with E-state index in [4.69, 9.17) is 9.47 Å². The maximum atomic E-state index is 6.06. The van der Waals surface area contributed by atoms with Crippen LogP contribution in [0.3, 0.4) is 0 Å². The molecule has 0 fully saturated rings. The van der Waals surface area contributed by atoms with Gasteiger partial charge in [-0.1, -0.05) is 52.4 Å². The van der Waals surface area contributed by atoms with E-state index in [0.717, 1.165) is 54.6 Å². The number of unbranched alkanes of at least 4 members (excludes halogenated alkanes) is 6. The first-order chi connectivity index (χ1) is 22.9. The molecule has 2 aromatic heterocycles. The van der Waals surface area contributed by atoms with Crippen LogP contribution < -0.4 is 17.3 Å². The third-order valence-corrected chi connectivity index (χ3v) is 20.2. The van der Waals surface area contributed by atoms with Gasteiger partial charge in [-0.2, -0.15) is 0 Å². The summed E-state index contributed by atoms with van der Waals surface area (Å²) in [5.41, 5.74) is 4.56. The summed E-state index contributed by atoms with van der Waals surface area (Å²) >= 11 is 1.83. The number of nitrogens with zero attached hydrogens (tertiary/aromatic N) is 1. The molecule has 5 rings (SSSR count). The molecule has 0 spiro atoms. The van der Waals surface area contributed by atoms with E-state index < -0.39 is 18.4 Å². The van der Waals surface area contributed by atoms with Crippen molar-refractivity contribution in [3.8, 4) is 31.7 Å². The van der Waals surface area contributed by atoms with Gasteiger partial charge in [0, 0.05) is 0 Å². The summed E-state index contributed by atoms with van der Waals surface area (Å²) in [6.07, 6.45) is 9.64. The third kappa shape index (κ3) is 10.1. The van der Waals surface area contributed by atoms with Gasteiger partial charge in [-0.3, -0.25) is 0 Å². The summed E-state index contributed by atoms with van der Waals surface area (Å²) in [6.45, 7) is 6.01. The predicted octanol–water partition coefficient (Wildman–Crippen LogP) is 13.1. The zero-order valence-corrected chi connectivity index (χ0v) is 33.4. The molecule has 248 valence electrons. The fraction of sp³-hybridized carbons (Fsp3) is 0.366. The molecule has 0 radical (unpaired) electrons. The second-order valence-electron chi connectivity index (χ2n) is 13.3. The minimum Gasteiger partial charge on any atom is -0.0344 e. The van der Waals surface area contributed by atoms with Gasteiger partial charge in [-0.15, -0.1) is 0 Å². The summed E-state index contributed by atoms with van der Waals surface area (Å²) in [5, 5.41) is 0. The van der Waals surface area contributed by atoms with Gasteiger partial charge in [0.15, 0.2) is 0 Å². The summed E-state index contributed by atoms with van der Waals surface area (Å²) in [4.78, 5) is 13.8. The number of thiophene rings is 2. The van der Waals surface area contributed by atoms with Crippen molar-refractivity contribution in [1.82, 2.24) is 0 Å². The van der Waals surface area contributed by atoms with Gasteiger partial charge in [-0.05, 0) is 61.4 Å². The van der Waals surface area contributed by atoms with Gasteiger partial charge < -0.3 is 9.47 Å². The van der Waals surface area contributed by atoms with Crippen LogP contribution in [0.2, 0.25) is 14.8 Å². The van der Waals surface area contributed by atoms with Crippen molar-refractivity contribution in [2.75, 3.05) is 18.1 Å². The fourth-order valence-electron chi connectivity index (χ4n) is 5.54. The van der Waals surface area contributed by atoms with Crippen molar-refractivity contribution < 1.29 is 9.47 Å². The molecule has 0 N–H and O–H groups in total. The van der Waals surface area contributed by atoms with Crippen LogP contribution in [0.25, 0.3) is 20.2 Å². The van der Waals surface area contributed by atoms with Crippen molar-refractivity contribution >= 4 is 61.0 Å². The maximum absolute atomic E-state index is 6.06. The maximum Gasteiger partial charge on any atom is -0.0179 e. The summed E-state index contributed by atoms with van der Waals surface area (Å²) < 4.78 is 13.8. The second kappa shape index (κ2) is 17.6. The predicted molar refractivity (Wildman–Crippen MR) is 210 cm³/mol. The van der Waals surface area contributed by atoms with Crippen LogP contribution in [0.5, 0.6) is 11.5 Å². The van der Waals surface area contributed by atoms with Crippen molar-refractivity contribution in [2.45, 2.75) is 80.0 Å². The number of hydrogen-bond donors (Lipinski definition) is 0. The van der Waals surface area contributed by atoms with E-state index in [1.807, 2.05) is 22.7 Å². The van der Waals surface area contributed by atoms with Crippen molar-refractivity contribution in [1.29, 1.82) is 0 Å². The molecule has 5 aromatic rings. The van der Waals surface area contributed by atoms with E-state index in [-0.39, 0.29) is 0 Å². The fourth-order valence-corrected chi connectivity index (χ4v) is 12.9. The molecule has 0 bridgehead atoms. The number of anilines is 3. The molecule has 0 saturated carbocycles. The number of hydrogen-bond acceptors (Lipinski definition) is 5. The van der Waals surface area contributed by atoms with Crippen LogP contribution in [0, 0.1) is 0 Å². The largest absolute Gasteiger partial charge is 0.0344 e. The van der Waals surface area contributed by atoms with E-state index >= 15 is 0 Å². The molecule has 0 aliphatic heterocycles.